The van der Waals surface area contributed by atoms with Crippen molar-refractivity contribution in [3.8, 4) is 0 Å². The third-order valence-electron chi connectivity index (χ3n) is 4.50. The monoisotopic (exact) mass is 472 g/mol. The average Bonchev–Trinajstić information content (AvgIpc) is 2.73. The fraction of sp³-hybridized carbons (Fsp3) is 0.0909. The molecule has 3 aromatic carbocycles. The quantitative estimate of drug-likeness (QED) is 0.415. The number of carbonyl (C=O) groups is 2. The molecule has 0 heterocycles. The van der Waals surface area contributed by atoms with E-state index in [0.717, 1.165) is 5.56 Å². The highest BCUT2D eigenvalue weighted by molar-refractivity contribution is 7.92. The lowest BCUT2D eigenvalue weighted by Crippen LogP contribution is -2.28. The Kier molecular flexibility index (Phi) is 7.01. The van der Waals surface area contributed by atoms with Crippen molar-refractivity contribution in [2.45, 2.75) is 18.4 Å². The number of nitrogens with one attached hydrogen (secondary N) is 3. The second kappa shape index (κ2) is 9.71. The first kappa shape index (κ1) is 23.1. The zero-order chi connectivity index (χ0) is 23.3. The maximum atomic E-state index is 12.9. The van der Waals surface area contributed by atoms with Crippen molar-refractivity contribution in [3.63, 3.8) is 0 Å². The third-order valence-corrected chi connectivity index (χ3v) is 6.25. The van der Waals surface area contributed by atoms with Gasteiger partial charge in [0.15, 0.2) is 0 Å². The fourth-order valence-corrected chi connectivity index (χ4v) is 4.41. The lowest BCUT2D eigenvalue weighted by atomic mass is 10.1. The molecule has 0 radical (unpaired) electrons. The summed E-state index contributed by atoms with van der Waals surface area (Å²) in [5.41, 5.74) is 7.36. The first-order valence-electron chi connectivity index (χ1n) is 9.47. The standard InChI is InChI=1S/C22H21ClN4O4S/c1-14-5-10-18(12-20(14)32(30,31)27-19-4-2-3-17(23)11-19)26-21(28)16-8-6-15(7-9-16)13-25-22(24)29/h2-12,27H,13H2,1H3,(H,26,28)(H3,24,25,29). The molecule has 32 heavy (non-hydrogen) atoms. The van der Waals surface area contributed by atoms with E-state index in [1.165, 1.54) is 12.1 Å². The Morgan fingerprint density at radius 2 is 1.69 bits per heavy atom. The van der Waals surface area contributed by atoms with Gasteiger partial charge in [-0.3, -0.25) is 9.52 Å². The number of hydrogen-bond donors (Lipinski definition) is 4. The number of aryl methyl sites for hydroxylation is 1. The van der Waals surface area contributed by atoms with Gasteiger partial charge in [0.05, 0.1) is 10.6 Å². The summed E-state index contributed by atoms with van der Waals surface area (Å²) in [5, 5.41) is 5.57. The summed E-state index contributed by atoms with van der Waals surface area (Å²) in [5.74, 6) is -0.408. The van der Waals surface area contributed by atoms with Crippen molar-refractivity contribution in [2.24, 2.45) is 5.73 Å². The molecule has 0 fully saturated rings. The summed E-state index contributed by atoms with van der Waals surface area (Å²) < 4.78 is 28.3. The van der Waals surface area contributed by atoms with Crippen LogP contribution in [-0.4, -0.2) is 20.4 Å². The topological polar surface area (TPSA) is 130 Å². The Bertz CT molecular complexity index is 1260. The number of halogens is 1. The average molecular weight is 473 g/mol. The molecule has 0 saturated heterocycles. The first-order valence-corrected chi connectivity index (χ1v) is 11.3. The fourth-order valence-electron chi connectivity index (χ4n) is 2.90. The van der Waals surface area contributed by atoms with E-state index >= 15 is 0 Å². The molecule has 3 amide bonds. The van der Waals surface area contributed by atoms with Gasteiger partial charge in [-0.25, -0.2) is 13.2 Å². The summed E-state index contributed by atoms with van der Waals surface area (Å²) in [6, 6.07) is 16.9. The van der Waals surface area contributed by atoms with Crippen LogP contribution in [0.2, 0.25) is 5.02 Å². The molecule has 0 aliphatic rings. The molecule has 5 N–H and O–H groups in total. The van der Waals surface area contributed by atoms with E-state index in [-0.39, 0.29) is 11.4 Å². The van der Waals surface area contributed by atoms with Crippen LogP contribution in [0.4, 0.5) is 16.2 Å². The van der Waals surface area contributed by atoms with Crippen molar-refractivity contribution in [2.75, 3.05) is 10.0 Å². The van der Waals surface area contributed by atoms with Crippen LogP contribution in [0.5, 0.6) is 0 Å². The maximum Gasteiger partial charge on any atom is 0.312 e. The molecular formula is C22H21ClN4O4S. The Morgan fingerprint density at radius 3 is 2.34 bits per heavy atom. The molecule has 3 aromatic rings. The maximum absolute atomic E-state index is 12.9. The van der Waals surface area contributed by atoms with Crippen LogP contribution in [-0.2, 0) is 16.6 Å². The smallest absolute Gasteiger partial charge is 0.312 e. The van der Waals surface area contributed by atoms with E-state index < -0.39 is 22.0 Å². The Hall–Kier alpha value is -3.56. The van der Waals surface area contributed by atoms with E-state index in [9.17, 15) is 18.0 Å². The zero-order valence-electron chi connectivity index (χ0n) is 17.1. The van der Waals surface area contributed by atoms with Crippen LogP contribution >= 0.6 is 11.6 Å². The molecule has 10 heteroatoms. The van der Waals surface area contributed by atoms with Gasteiger partial charge in [0.2, 0.25) is 0 Å². The van der Waals surface area contributed by atoms with Gasteiger partial charge < -0.3 is 16.4 Å². The number of primary amides is 1. The molecule has 0 aromatic heterocycles. The predicted molar refractivity (Wildman–Crippen MR) is 124 cm³/mol. The summed E-state index contributed by atoms with van der Waals surface area (Å²) in [7, 11) is -3.91. The van der Waals surface area contributed by atoms with E-state index in [1.807, 2.05) is 0 Å². The summed E-state index contributed by atoms with van der Waals surface area (Å²) >= 11 is 5.93. The normalized spacial score (nSPS) is 10.9. The predicted octanol–water partition coefficient (Wildman–Crippen LogP) is 3.87. The molecule has 166 valence electrons. The van der Waals surface area contributed by atoms with Gasteiger partial charge in [0.25, 0.3) is 15.9 Å². The number of benzene rings is 3. The van der Waals surface area contributed by atoms with Crippen LogP contribution in [0, 0.1) is 6.92 Å². The van der Waals surface area contributed by atoms with Crippen LogP contribution in [0.1, 0.15) is 21.5 Å². The number of carbonyl (C=O) groups excluding carboxylic acids is 2. The zero-order valence-corrected chi connectivity index (χ0v) is 18.6. The van der Waals surface area contributed by atoms with Crippen LogP contribution in [0.15, 0.2) is 71.6 Å². The second-order valence-electron chi connectivity index (χ2n) is 6.96. The number of rotatable bonds is 7. The second-order valence-corrected chi connectivity index (χ2v) is 9.05. The number of nitrogens with two attached hydrogens (primary N) is 1. The molecule has 0 spiro atoms. The SMILES string of the molecule is Cc1ccc(NC(=O)c2ccc(CNC(N)=O)cc2)cc1S(=O)(=O)Nc1cccc(Cl)c1. The van der Waals surface area contributed by atoms with Gasteiger partial charge >= 0.3 is 6.03 Å². The Labute approximate surface area is 190 Å². The van der Waals surface area contributed by atoms with E-state index in [0.29, 0.717) is 27.5 Å². The minimum Gasteiger partial charge on any atom is -0.352 e. The highest BCUT2D eigenvalue weighted by Crippen LogP contribution is 2.24. The van der Waals surface area contributed by atoms with Crippen LogP contribution in [0.25, 0.3) is 0 Å². The molecule has 0 unspecified atom stereocenters. The molecule has 0 aliphatic heterocycles. The number of hydrogen-bond acceptors (Lipinski definition) is 4. The van der Waals surface area contributed by atoms with Crippen molar-refractivity contribution < 1.29 is 18.0 Å². The summed E-state index contributed by atoms with van der Waals surface area (Å²) in [6.07, 6.45) is 0. The molecule has 0 atom stereocenters. The number of urea groups is 1. The van der Waals surface area contributed by atoms with E-state index in [2.05, 4.69) is 15.4 Å². The molecule has 0 bridgehead atoms. The summed E-state index contributed by atoms with van der Waals surface area (Å²) in [6.45, 7) is 1.91. The van der Waals surface area contributed by atoms with Gasteiger partial charge in [0.1, 0.15) is 0 Å². The molecular weight excluding hydrogens is 452 g/mol. The number of anilines is 2. The van der Waals surface area contributed by atoms with Crippen LogP contribution < -0.4 is 21.1 Å². The van der Waals surface area contributed by atoms with E-state index in [4.69, 9.17) is 17.3 Å². The summed E-state index contributed by atoms with van der Waals surface area (Å²) in [4.78, 5) is 23.4. The Morgan fingerprint density at radius 1 is 0.969 bits per heavy atom. The van der Waals surface area contributed by atoms with Crippen LogP contribution in [0.3, 0.4) is 0 Å². The van der Waals surface area contributed by atoms with Gasteiger partial charge in [-0.05, 0) is 60.5 Å². The van der Waals surface area contributed by atoms with Crippen molar-refractivity contribution in [1.29, 1.82) is 0 Å². The highest BCUT2D eigenvalue weighted by atomic mass is 35.5. The van der Waals surface area contributed by atoms with E-state index in [1.54, 1.807) is 61.5 Å². The minimum absolute atomic E-state index is 0.0307. The number of sulfonamides is 1. The lowest BCUT2D eigenvalue weighted by molar-refractivity contribution is 0.102. The molecule has 3 rings (SSSR count). The van der Waals surface area contributed by atoms with Gasteiger partial charge in [-0.1, -0.05) is 35.9 Å². The molecule has 0 saturated carbocycles. The van der Waals surface area contributed by atoms with Gasteiger partial charge in [-0.2, -0.15) is 0 Å². The Balaban J connectivity index is 1.76. The van der Waals surface area contributed by atoms with Crippen molar-refractivity contribution >= 4 is 44.9 Å². The third kappa shape index (κ3) is 5.99. The highest BCUT2D eigenvalue weighted by Gasteiger charge is 2.18. The van der Waals surface area contributed by atoms with Gasteiger partial charge in [-0.15, -0.1) is 0 Å². The minimum atomic E-state index is -3.91. The largest absolute Gasteiger partial charge is 0.352 e. The molecule has 8 nitrogen and oxygen atoms in total. The van der Waals surface area contributed by atoms with Gasteiger partial charge in [0, 0.05) is 22.8 Å². The number of amides is 3. The van der Waals surface area contributed by atoms with Crippen molar-refractivity contribution in [1.82, 2.24) is 5.32 Å². The first-order chi connectivity index (χ1) is 15.1. The lowest BCUT2D eigenvalue weighted by Gasteiger charge is -2.13. The molecule has 0 aliphatic carbocycles. The van der Waals surface area contributed by atoms with Crippen molar-refractivity contribution in [3.05, 3.63) is 88.4 Å².